The molecule has 2 aliphatic heterocycles. The SMILES string of the molecule is NC[C@@H]1OCC[C@@H]1N1CCCCC1. The second kappa shape index (κ2) is 4.40. The number of nitrogens with two attached hydrogens (primary N) is 1. The number of ether oxygens (including phenoxy) is 1. The second-order valence-electron chi connectivity index (χ2n) is 4.10. The molecule has 3 nitrogen and oxygen atoms in total. The van der Waals surface area contributed by atoms with Crippen molar-refractivity contribution in [3.63, 3.8) is 0 Å². The van der Waals surface area contributed by atoms with Gasteiger partial charge >= 0.3 is 0 Å². The molecule has 2 atom stereocenters. The van der Waals surface area contributed by atoms with Gasteiger partial charge in [0.15, 0.2) is 0 Å². The van der Waals surface area contributed by atoms with Crippen molar-refractivity contribution < 1.29 is 4.74 Å². The Morgan fingerprint density at radius 2 is 2.00 bits per heavy atom. The van der Waals surface area contributed by atoms with Crippen LogP contribution in [0.1, 0.15) is 25.7 Å². The normalized spacial score (nSPS) is 36.7. The van der Waals surface area contributed by atoms with Gasteiger partial charge in [0.1, 0.15) is 0 Å². The topological polar surface area (TPSA) is 38.5 Å². The lowest BCUT2D eigenvalue weighted by Gasteiger charge is -2.34. The van der Waals surface area contributed by atoms with Crippen LogP contribution in [0.15, 0.2) is 0 Å². The maximum Gasteiger partial charge on any atom is 0.0852 e. The largest absolute Gasteiger partial charge is 0.375 e. The van der Waals surface area contributed by atoms with Crippen molar-refractivity contribution in [2.24, 2.45) is 5.73 Å². The summed E-state index contributed by atoms with van der Waals surface area (Å²) in [4.78, 5) is 2.58. The lowest BCUT2D eigenvalue weighted by atomic mass is 10.0. The van der Waals surface area contributed by atoms with E-state index in [1.54, 1.807) is 0 Å². The molecule has 3 heteroatoms. The highest BCUT2D eigenvalue weighted by Gasteiger charge is 2.32. The van der Waals surface area contributed by atoms with Crippen LogP contribution in [-0.4, -0.2) is 43.3 Å². The van der Waals surface area contributed by atoms with E-state index in [0.717, 1.165) is 6.61 Å². The van der Waals surface area contributed by atoms with E-state index < -0.39 is 0 Å². The summed E-state index contributed by atoms with van der Waals surface area (Å²) < 4.78 is 5.60. The lowest BCUT2D eigenvalue weighted by Crippen LogP contribution is -2.46. The molecule has 0 aromatic rings. The van der Waals surface area contributed by atoms with Crippen LogP contribution in [0.2, 0.25) is 0 Å². The minimum atomic E-state index is 0.304. The second-order valence-corrected chi connectivity index (χ2v) is 4.10. The zero-order chi connectivity index (χ0) is 9.10. The molecule has 0 saturated carbocycles. The third kappa shape index (κ3) is 2.03. The smallest absolute Gasteiger partial charge is 0.0852 e. The van der Waals surface area contributed by atoms with Crippen LogP contribution in [0.4, 0.5) is 0 Å². The Bertz CT molecular complexity index is 157. The molecule has 2 fully saturated rings. The summed E-state index contributed by atoms with van der Waals surface area (Å²) in [6.07, 6.45) is 5.60. The first kappa shape index (κ1) is 9.44. The Morgan fingerprint density at radius 1 is 1.23 bits per heavy atom. The maximum atomic E-state index is 5.68. The fourth-order valence-corrected chi connectivity index (χ4v) is 2.53. The highest BCUT2D eigenvalue weighted by Crippen LogP contribution is 2.22. The number of hydrogen-bond donors (Lipinski definition) is 1. The Hall–Kier alpha value is -0.120. The standard InChI is InChI=1S/C10H20N2O/c11-8-10-9(4-7-13-10)12-5-2-1-3-6-12/h9-10H,1-8,11H2/t9-,10-/m0/s1. The van der Waals surface area contributed by atoms with E-state index in [0.29, 0.717) is 18.7 Å². The van der Waals surface area contributed by atoms with Gasteiger partial charge in [0, 0.05) is 19.2 Å². The van der Waals surface area contributed by atoms with Crippen molar-refractivity contribution in [2.75, 3.05) is 26.2 Å². The van der Waals surface area contributed by atoms with Gasteiger partial charge < -0.3 is 10.5 Å². The van der Waals surface area contributed by atoms with Crippen LogP contribution in [0.3, 0.4) is 0 Å². The van der Waals surface area contributed by atoms with Crippen LogP contribution in [-0.2, 0) is 4.74 Å². The zero-order valence-electron chi connectivity index (χ0n) is 8.24. The van der Waals surface area contributed by atoms with Crippen LogP contribution < -0.4 is 5.73 Å². The van der Waals surface area contributed by atoms with Crippen molar-refractivity contribution in [3.05, 3.63) is 0 Å². The van der Waals surface area contributed by atoms with Gasteiger partial charge in [-0.15, -0.1) is 0 Å². The van der Waals surface area contributed by atoms with Crippen molar-refractivity contribution in [1.82, 2.24) is 4.90 Å². The molecule has 2 aliphatic rings. The Kier molecular flexibility index (Phi) is 3.19. The first-order valence-electron chi connectivity index (χ1n) is 5.47. The summed E-state index contributed by atoms with van der Waals surface area (Å²) in [5.74, 6) is 0. The Balaban J connectivity index is 1.90. The van der Waals surface area contributed by atoms with Crippen LogP contribution >= 0.6 is 0 Å². The van der Waals surface area contributed by atoms with Crippen LogP contribution in [0.25, 0.3) is 0 Å². The van der Waals surface area contributed by atoms with Gasteiger partial charge in [-0.1, -0.05) is 6.42 Å². The summed E-state index contributed by atoms with van der Waals surface area (Å²) in [5.41, 5.74) is 5.68. The summed E-state index contributed by atoms with van der Waals surface area (Å²) in [6, 6.07) is 0.616. The molecule has 2 rings (SSSR count). The van der Waals surface area contributed by atoms with E-state index in [-0.39, 0.29) is 0 Å². The van der Waals surface area contributed by atoms with Crippen LogP contribution in [0.5, 0.6) is 0 Å². The first-order valence-corrected chi connectivity index (χ1v) is 5.47. The molecule has 0 aromatic heterocycles. The number of piperidine rings is 1. The summed E-state index contributed by atoms with van der Waals surface area (Å²) in [5, 5.41) is 0. The number of rotatable bonds is 2. The van der Waals surface area contributed by atoms with Crippen molar-refractivity contribution in [3.8, 4) is 0 Å². The quantitative estimate of drug-likeness (QED) is 0.682. The van der Waals surface area contributed by atoms with E-state index in [9.17, 15) is 0 Å². The minimum absolute atomic E-state index is 0.304. The minimum Gasteiger partial charge on any atom is -0.375 e. The van der Waals surface area contributed by atoms with Crippen LogP contribution in [0, 0.1) is 0 Å². The van der Waals surface area contributed by atoms with Gasteiger partial charge in [-0.25, -0.2) is 0 Å². The van der Waals surface area contributed by atoms with Gasteiger partial charge in [0.05, 0.1) is 6.10 Å². The van der Waals surface area contributed by atoms with E-state index in [1.807, 2.05) is 0 Å². The summed E-state index contributed by atoms with van der Waals surface area (Å²) in [6.45, 7) is 4.10. The van der Waals surface area contributed by atoms with Crippen molar-refractivity contribution in [2.45, 2.75) is 37.8 Å². The monoisotopic (exact) mass is 184 g/mol. The van der Waals surface area contributed by atoms with Crippen molar-refractivity contribution >= 4 is 0 Å². The molecule has 2 N–H and O–H groups in total. The van der Waals surface area contributed by atoms with Gasteiger partial charge in [0.2, 0.25) is 0 Å². The molecule has 0 aromatic carbocycles. The fraction of sp³-hybridized carbons (Fsp3) is 1.00. The van der Waals surface area contributed by atoms with Crippen molar-refractivity contribution in [1.29, 1.82) is 0 Å². The molecule has 0 unspecified atom stereocenters. The molecule has 2 heterocycles. The molecule has 0 bridgehead atoms. The third-order valence-corrected chi connectivity index (χ3v) is 3.27. The summed E-state index contributed by atoms with van der Waals surface area (Å²) >= 11 is 0. The van der Waals surface area contributed by atoms with Gasteiger partial charge in [-0.05, 0) is 32.4 Å². The maximum absolute atomic E-state index is 5.68. The van der Waals surface area contributed by atoms with E-state index in [4.69, 9.17) is 10.5 Å². The highest BCUT2D eigenvalue weighted by molar-refractivity contribution is 4.86. The Labute approximate surface area is 80.2 Å². The molecular weight excluding hydrogens is 164 g/mol. The molecule has 13 heavy (non-hydrogen) atoms. The lowest BCUT2D eigenvalue weighted by molar-refractivity contribution is 0.0592. The number of hydrogen-bond acceptors (Lipinski definition) is 3. The molecule has 0 radical (unpaired) electrons. The average molecular weight is 184 g/mol. The fourth-order valence-electron chi connectivity index (χ4n) is 2.53. The number of likely N-dealkylation sites (tertiary alicyclic amines) is 1. The summed E-state index contributed by atoms with van der Waals surface area (Å²) in [7, 11) is 0. The molecule has 2 saturated heterocycles. The van der Waals surface area contributed by atoms with E-state index in [1.165, 1.54) is 38.8 Å². The molecular formula is C10H20N2O. The zero-order valence-corrected chi connectivity index (χ0v) is 8.24. The van der Waals surface area contributed by atoms with E-state index >= 15 is 0 Å². The third-order valence-electron chi connectivity index (χ3n) is 3.27. The predicted molar refractivity (Wildman–Crippen MR) is 52.6 cm³/mol. The molecule has 0 spiro atoms. The van der Waals surface area contributed by atoms with Gasteiger partial charge in [-0.2, -0.15) is 0 Å². The predicted octanol–water partition coefficient (Wildman–Crippen LogP) is 0.588. The van der Waals surface area contributed by atoms with Gasteiger partial charge in [-0.3, -0.25) is 4.90 Å². The highest BCUT2D eigenvalue weighted by atomic mass is 16.5. The first-order chi connectivity index (χ1) is 6.42. The van der Waals surface area contributed by atoms with Gasteiger partial charge in [0.25, 0.3) is 0 Å². The molecule has 76 valence electrons. The van der Waals surface area contributed by atoms with E-state index in [2.05, 4.69) is 4.90 Å². The Morgan fingerprint density at radius 3 is 2.69 bits per heavy atom. The average Bonchev–Trinajstić information content (AvgIpc) is 2.67. The number of nitrogens with zero attached hydrogens (tertiary/aromatic N) is 1. The molecule has 0 aliphatic carbocycles. The molecule has 0 amide bonds.